The molecule has 0 N–H and O–H groups in total. The summed E-state index contributed by atoms with van der Waals surface area (Å²) in [6, 6.07) is 0. The van der Waals surface area contributed by atoms with Crippen LogP contribution in [0, 0.1) is 0 Å². The molecule has 0 aromatic carbocycles. The van der Waals surface area contributed by atoms with Gasteiger partial charge in [-0.05, 0) is 5.83 Å². The molecule has 0 unspecified atom stereocenters. The van der Waals surface area contributed by atoms with E-state index >= 15 is 0 Å². The molecule has 0 aromatic heterocycles. The highest BCUT2D eigenvalue weighted by molar-refractivity contribution is 9.08. The predicted molar refractivity (Wildman–Crippen MR) is 49.3 cm³/mol. The summed E-state index contributed by atoms with van der Waals surface area (Å²) >= 11 is 2.94. The Balaban J connectivity index is 0. The molecular weight excluding hydrogens is 176 g/mol. The highest BCUT2D eigenvalue weighted by Gasteiger charge is 1.80. The normalized spacial score (nSPS) is 8.00. The van der Waals surface area contributed by atoms with E-state index in [0.29, 0.717) is 0 Å². The zero-order valence-electron chi connectivity index (χ0n) is 6.91. The largest absolute Gasteiger partial charge is 0.0966 e. The minimum Gasteiger partial charge on any atom is -0.0966 e. The van der Waals surface area contributed by atoms with E-state index in [2.05, 4.69) is 29.8 Å². The summed E-state index contributed by atoms with van der Waals surface area (Å²) in [5.74, 6) is 1.81. The molecule has 0 aliphatic heterocycles. The molecule has 0 spiro atoms. The zero-order chi connectivity index (χ0) is 7.54. The van der Waals surface area contributed by atoms with E-state index in [9.17, 15) is 0 Å². The fourth-order valence-electron chi connectivity index (χ4n) is 0.677. The molecule has 0 bridgehead atoms. The Bertz CT molecular complexity index is 23.7. The minimum atomic E-state index is 1.36. The van der Waals surface area contributed by atoms with Gasteiger partial charge in [-0.3, -0.25) is 0 Å². The summed E-state index contributed by atoms with van der Waals surface area (Å²) in [5, 5.41) is 0. The lowest BCUT2D eigenvalue weighted by Crippen LogP contribution is -1.70. The summed E-state index contributed by atoms with van der Waals surface area (Å²) in [6.45, 7) is 4.49. The van der Waals surface area contributed by atoms with Gasteiger partial charge in [-0.2, -0.15) is 0 Å². The number of rotatable bonds is 4. The van der Waals surface area contributed by atoms with Crippen molar-refractivity contribution >= 4 is 15.9 Å². The molecule has 0 fully saturated rings. The highest BCUT2D eigenvalue weighted by Crippen LogP contribution is 2.00. The van der Waals surface area contributed by atoms with Gasteiger partial charge in [-0.1, -0.05) is 61.9 Å². The molecule has 0 radical (unpaired) electrons. The Morgan fingerprint density at radius 1 is 0.778 bits per heavy atom. The van der Waals surface area contributed by atoms with Gasteiger partial charge in [0, 0.05) is 0 Å². The van der Waals surface area contributed by atoms with Gasteiger partial charge >= 0.3 is 0 Å². The minimum absolute atomic E-state index is 1.36. The van der Waals surface area contributed by atoms with Crippen molar-refractivity contribution < 1.29 is 0 Å². The smallest absolute Gasteiger partial charge is 0.00848 e. The molecule has 9 heavy (non-hydrogen) atoms. The fraction of sp³-hybridized carbons (Fsp3) is 1.00. The number of halogens is 1. The maximum atomic E-state index is 2.94. The first kappa shape index (κ1) is 12.2. The van der Waals surface area contributed by atoms with Crippen molar-refractivity contribution in [3.63, 3.8) is 0 Å². The Hall–Kier alpha value is 0.480. The van der Waals surface area contributed by atoms with Gasteiger partial charge in [0.05, 0.1) is 0 Å². The van der Waals surface area contributed by atoms with Crippen LogP contribution in [0.4, 0.5) is 0 Å². The Morgan fingerprint density at radius 2 is 1.11 bits per heavy atom. The van der Waals surface area contributed by atoms with E-state index in [1.54, 1.807) is 0 Å². The Labute approximate surface area is 68.2 Å². The van der Waals surface area contributed by atoms with Crippen LogP contribution in [0.25, 0.3) is 0 Å². The van der Waals surface area contributed by atoms with Crippen molar-refractivity contribution in [2.75, 3.05) is 5.83 Å². The van der Waals surface area contributed by atoms with Crippen LogP contribution >= 0.6 is 15.9 Å². The number of hydrogen-bond donors (Lipinski definition) is 0. The molecule has 0 aliphatic carbocycles. The van der Waals surface area contributed by atoms with Crippen LogP contribution in [0.1, 0.15) is 46.0 Å². The van der Waals surface area contributed by atoms with E-state index in [1.807, 2.05) is 5.83 Å². The second kappa shape index (κ2) is 15.8. The van der Waals surface area contributed by atoms with Gasteiger partial charge in [0.2, 0.25) is 0 Å². The lowest BCUT2D eigenvalue weighted by atomic mass is 10.2. The SMILES string of the molecule is CBr.CCCCCCC. The fourth-order valence-corrected chi connectivity index (χ4v) is 0.677. The quantitative estimate of drug-likeness (QED) is 0.470. The van der Waals surface area contributed by atoms with Crippen LogP contribution in [0.15, 0.2) is 0 Å². The average Bonchev–Trinajstić information content (AvgIpc) is 1.94. The van der Waals surface area contributed by atoms with Crippen LogP contribution in [-0.4, -0.2) is 5.83 Å². The zero-order valence-corrected chi connectivity index (χ0v) is 8.50. The number of hydrogen-bond acceptors (Lipinski definition) is 0. The number of alkyl halides is 1. The molecule has 0 saturated heterocycles. The summed E-state index contributed by atoms with van der Waals surface area (Å²) in [7, 11) is 0. The van der Waals surface area contributed by atoms with E-state index in [-0.39, 0.29) is 0 Å². The average molecular weight is 195 g/mol. The topological polar surface area (TPSA) is 0 Å². The Morgan fingerprint density at radius 3 is 1.33 bits per heavy atom. The third kappa shape index (κ3) is 17.7. The van der Waals surface area contributed by atoms with Crippen molar-refractivity contribution in [2.45, 2.75) is 46.0 Å². The molecule has 58 valence electrons. The van der Waals surface area contributed by atoms with Crippen LogP contribution < -0.4 is 0 Å². The van der Waals surface area contributed by atoms with E-state index in [1.165, 1.54) is 32.1 Å². The molecule has 0 nitrogen and oxygen atoms in total. The molecule has 0 atom stereocenters. The molecule has 0 rings (SSSR count). The van der Waals surface area contributed by atoms with Gasteiger partial charge in [-0.15, -0.1) is 0 Å². The first-order chi connectivity index (χ1) is 4.41. The first-order valence-electron chi connectivity index (χ1n) is 3.79. The highest BCUT2D eigenvalue weighted by atomic mass is 79.9. The molecule has 0 saturated carbocycles. The molecule has 0 amide bonds. The van der Waals surface area contributed by atoms with Crippen molar-refractivity contribution in [3.8, 4) is 0 Å². The van der Waals surface area contributed by atoms with Crippen LogP contribution in [0.3, 0.4) is 0 Å². The van der Waals surface area contributed by atoms with Crippen molar-refractivity contribution in [3.05, 3.63) is 0 Å². The predicted octanol–water partition coefficient (Wildman–Crippen LogP) is 3.99. The maximum absolute atomic E-state index is 2.94. The summed E-state index contributed by atoms with van der Waals surface area (Å²) < 4.78 is 0. The van der Waals surface area contributed by atoms with E-state index in [4.69, 9.17) is 0 Å². The van der Waals surface area contributed by atoms with Crippen LogP contribution in [0.5, 0.6) is 0 Å². The third-order valence-electron chi connectivity index (χ3n) is 1.21. The van der Waals surface area contributed by atoms with Crippen molar-refractivity contribution in [1.82, 2.24) is 0 Å². The lowest BCUT2D eigenvalue weighted by molar-refractivity contribution is 0.656. The number of unbranched alkanes of at least 4 members (excludes halogenated alkanes) is 4. The standard InChI is InChI=1S/C7H16.CH3Br/c1-3-5-7-6-4-2;1-2/h3-7H2,1-2H3;1H3. The van der Waals surface area contributed by atoms with Crippen LogP contribution in [-0.2, 0) is 0 Å². The monoisotopic (exact) mass is 194 g/mol. The molecule has 0 heterocycles. The van der Waals surface area contributed by atoms with Crippen LogP contribution in [0.2, 0.25) is 0 Å². The summed E-state index contributed by atoms with van der Waals surface area (Å²) in [6.07, 6.45) is 7.01. The van der Waals surface area contributed by atoms with Crippen molar-refractivity contribution in [1.29, 1.82) is 0 Å². The van der Waals surface area contributed by atoms with E-state index in [0.717, 1.165) is 0 Å². The van der Waals surface area contributed by atoms with Gasteiger partial charge in [0.25, 0.3) is 0 Å². The molecule has 1 heteroatoms. The second-order valence-electron chi connectivity index (χ2n) is 2.06. The molecule has 0 aliphatic rings. The lowest BCUT2D eigenvalue weighted by Gasteiger charge is -1.90. The molecular formula is C8H19Br. The second-order valence-corrected chi connectivity index (χ2v) is 2.06. The maximum Gasteiger partial charge on any atom is -0.00848 e. The van der Waals surface area contributed by atoms with Crippen molar-refractivity contribution in [2.24, 2.45) is 0 Å². The van der Waals surface area contributed by atoms with E-state index < -0.39 is 0 Å². The summed E-state index contributed by atoms with van der Waals surface area (Å²) in [5.41, 5.74) is 0. The third-order valence-corrected chi connectivity index (χ3v) is 1.21. The van der Waals surface area contributed by atoms with Gasteiger partial charge < -0.3 is 0 Å². The first-order valence-corrected chi connectivity index (χ1v) is 5.38. The Kier molecular flexibility index (Phi) is 21.4. The molecule has 0 aromatic rings. The van der Waals surface area contributed by atoms with Gasteiger partial charge in [0.15, 0.2) is 0 Å². The summed E-state index contributed by atoms with van der Waals surface area (Å²) in [4.78, 5) is 0. The van der Waals surface area contributed by atoms with Gasteiger partial charge in [-0.25, -0.2) is 0 Å². The van der Waals surface area contributed by atoms with Gasteiger partial charge in [0.1, 0.15) is 0 Å².